The zero-order valence-corrected chi connectivity index (χ0v) is 19.3. The molecule has 1 aromatic heterocycles. The van der Waals surface area contributed by atoms with Gasteiger partial charge in [0.15, 0.2) is 0 Å². The van der Waals surface area contributed by atoms with Gasteiger partial charge in [0.05, 0.1) is 29.0 Å². The first-order valence-electron chi connectivity index (χ1n) is 10.8. The number of aliphatic hydroxyl groups excluding tert-OH is 1. The van der Waals surface area contributed by atoms with Gasteiger partial charge in [-0.25, -0.2) is 17.7 Å². The van der Waals surface area contributed by atoms with Gasteiger partial charge in [0.25, 0.3) is 5.56 Å². The second-order valence-corrected chi connectivity index (χ2v) is 11.9. The fourth-order valence-corrected chi connectivity index (χ4v) is 6.40. The van der Waals surface area contributed by atoms with Crippen LogP contribution in [-0.4, -0.2) is 64.5 Å². The van der Waals surface area contributed by atoms with Gasteiger partial charge in [-0.2, -0.15) is 11.8 Å². The lowest BCUT2D eigenvalue weighted by Crippen LogP contribution is -2.44. The highest BCUT2D eigenvalue weighted by Gasteiger charge is 2.26. The van der Waals surface area contributed by atoms with Gasteiger partial charge in [0.1, 0.15) is 5.82 Å². The molecule has 0 radical (unpaired) electrons. The van der Waals surface area contributed by atoms with Crippen LogP contribution in [-0.2, 0) is 15.8 Å². The number of nitrogens with zero attached hydrogens (tertiary/aromatic N) is 2. The van der Waals surface area contributed by atoms with E-state index in [4.69, 9.17) is 0 Å². The van der Waals surface area contributed by atoms with Crippen molar-refractivity contribution in [2.24, 2.45) is 0 Å². The summed E-state index contributed by atoms with van der Waals surface area (Å²) in [7, 11) is -3.20. The Labute approximate surface area is 194 Å². The molecule has 10 heteroatoms. The van der Waals surface area contributed by atoms with Gasteiger partial charge < -0.3 is 15.4 Å². The molecule has 178 valence electrons. The molecule has 4 rings (SSSR count). The number of sulfonamides is 1. The molecular formula is C22H34N4O4S2. The zero-order valence-electron chi connectivity index (χ0n) is 17.7. The van der Waals surface area contributed by atoms with Gasteiger partial charge in [-0.3, -0.25) is 4.79 Å². The third kappa shape index (κ3) is 6.24. The normalized spacial score (nSPS) is 24.8. The Kier molecular flexibility index (Phi) is 8.24. The van der Waals surface area contributed by atoms with Crippen LogP contribution in [0.2, 0.25) is 0 Å². The van der Waals surface area contributed by atoms with E-state index in [1.807, 2.05) is 12.1 Å². The topological polar surface area (TPSA) is 115 Å². The van der Waals surface area contributed by atoms with Crippen molar-refractivity contribution in [3.63, 3.8) is 0 Å². The Balaban J connectivity index is 0.00000289. The molecule has 0 bridgehead atoms. The van der Waals surface area contributed by atoms with Crippen LogP contribution in [0.3, 0.4) is 0 Å². The van der Waals surface area contributed by atoms with Crippen LogP contribution in [0.15, 0.2) is 23.0 Å². The summed E-state index contributed by atoms with van der Waals surface area (Å²) in [5, 5.41) is 14.1. The van der Waals surface area contributed by atoms with Crippen molar-refractivity contribution in [3.05, 3.63) is 34.4 Å². The number of aromatic nitrogens is 2. The highest BCUT2D eigenvalue weighted by atomic mass is 32.2. The summed E-state index contributed by atoms with van der Waals surface area (Å²) in [6.45, 7) is 1.00. The van der Waals surface area contributed by atoms with Crippen LogP contribution < -0.4 is 10.9 Å². The Morgan fingerprint density at radius 3 is 2.72 bits per heavy atom. The van der Waals surface area contributed by atoms with E-state index in [2.05, 4.69) is 15.3 Å². The molecule has 1 atom stereocenters. The van der Waals surface area contributed by atoms with E-state index in [1.165, 1.54) is 10.6 Å². The molecule has 0 amide bonds. The zero-order chi connectivity index (χ0) is 22.0. The van der Waals surface area contributed by atoms with Crippen molar-refractivity contribution in [3.8, 4) is 0 Å². The second kappa shape index (κ2) is 10.5. The molecular weight excluding hydrogens is 448 g/mol. The largest absolute Gasteiger partial charge is 0.393 e. The van der Waals surface area contributed by atoms with Gasteiger partial charge in [-0.15, -0.1) is 0 Å². The number of piperidine rings is 1. The van der Waals surface area contributed by atoms with E-state index < -0.39 is 10.0 Å². The fourth-order valence-electron chi connectivity index (χ4n) is 4.35. The molecule has 0 unspecified atom stereocenters. The highest BCUT2D eigenvalue weighted by molar-refractivity contribution is 7.99. The summed E-state index contributed by atoms with van der Waals surface area (Å²) in [6, 6.07) is 5.51. The first kappa shape index (κ1) is 25.0. The second-order valence-electron chi connectivity index (χ2n) is 8.59. The number of hydrogen-bond acceptors (Lipinski definition) is 7. The Morgan fingerprint density at radius 2 is 2.00 bits per heavy atom. The van der Waals surface area contributed by atoms with Gasteiger partial charge in [-0.05, 0) is 56.7 Å². The molecule has 2 heterocycles. The molecule has 2 fully saturated rings. The minimum Gasteiger partial charge on any atom is -0.393 e. The van der Waals surface area contributed by atoms with Crippen molar-refractivity contribution in [1.29, 1.82) is 0 Å². The predicted molar refractivity (Wildman–Crippen MR) is 132 cm³/mol. The Hall–Kier alpha value is -1.62. The lowest BCUT2D eigenvalue weighted by molar-refractivity contribution is 0.132. The van der Waals surface area contributed by atoms with Crippen molar-refractivity contribution < 1.29 is 13.5 Å². The summed E-state index contributed by atoms with van der Waals surface area (Å²) < 4.78 is 25.2. The summed E-state index contributed by atoms with van der Waals surface area (Å²) in [5.41, 5.74) is 1.33. The van der Waals surface area contributed by atoms with E-state index >= 15 is 0 Å². The van der Waals surface area contributed by atoms with E-state index in [1.54, 1.807) is 17.8 Å². The molecule has 3 N–H and O–H groups in total. The molecule has 32 heavy (non-hydrogen) atoms. The number of hydrogen-bond donors (Lipinski definition) is 3. The number of rotatable bonds is 6. The fraction of sp³-hybridized carbons (Fsp3) is 0.636. The summed E-state index contributed by atoms with van der Waals surface area (Å²) in [5.74, 6) is 1.29. The Morgan fingerprint density at radius 1 is 1.25 bits per heavy atom. The number of nitrogens with one attached hydrogen (secondary N) is 2. The minimum atomic E-state index is -3.20. The number of anilines is 1. The standard InChI is InChI=1S/C21H30N4O4S2.CH4/c1-31(28,29)25-10-2-3-15(12-25)22-14-4-9-18-19(11-14)23-20(24-21(18)27)13-30-17-7-5-16(26)6-8-17;/h4,9,11,15-17,22,26H,2-3,5-8,10,12-13H2,1H3,(H,23,24,27);1H4/t15-,16?,17?;/m1./s1. The van der Waals surface area contributed by atoms with E-state index in [0.717, 1.165) is 44.2 Å². The molecule has 8 nitrogen and oxygen atoms in total. The number of aromatic amines is 1. The van der Waals surface area contributed by atoms with E-state index in [0.29, 0.717) is 40.8 Å². The number of benzene rings is 1. The van der Waals surface area contributed by atoms with Crippen LogP contribution in [0.25, 0.3) is 10.9 Å². The lowest BCUT2D eigenvalue weighted by atomic mass is 9.97. The van der Waals surface area contributed by atoms with Crippen LogP contribution in [0.5, 0.6) is 0 Å². The monoisotopic (exact) mass is 482 g/mol. The van der Waals surface area contributed by atoms with Gasteiger partial charge in [0.2, 0.25) is 10.0 Å². The third-order valence-electron chi connectivity index (χ3n) is 6.08. The minimum absolute atomic E-state index is 0. The van der Waals surface area contributed by atoms with Gasteiger partial charge in [0, 0.05) is 30.1 Å². The molecule has 1 saturated carbocycles. The molecule has 2 aromatic rings. The summed E-state index contributed by atoms with van der Waals surface area (Å²) in [6.07, 6.45) is 6.44. The highest BCUT2D eigenvalue weighted by Crippen LogP contribution is 2.30. The number of fused-ring (bicyclic) bond motifs is 1. The quantitative estimate of drug-likeness (QED) is 0.580. The van der Waals surface area contributed by atoms with Crippen LogP contribution in [0.1, 0.15) is 51.8 Å². The average Bonchev–Trinajstić information content (AvgIpc) is 2.73. The number of thioether (sulfide) groups is 1. The van der Waals surface area contributed by atoms with Crippen LogP contribution in [0.4, 0.5) is 5.69 Å². The molecule has 1 aliphatic heterocycles. The molecule has 1 aromatic carbocycles. The SMILES string of the molecule is C.CS(=O)(=O)N1CCC[C@@H](Nc2ccc3c(=O)[nH]c(CSC4CCC(O)CC4)nc3c2)C1. The molecule has 1 saturated heterocycles. The van der Waals surface area contributed by atoms with Crippen molar-refractivity contribution >= 4 is 38.4 Å². The Bertz CT molecular complexity index is 1080. The molecule has 0 spiro atoms. The molecule has 1 aliphatic carbocycles. The van der Waals surface area contributed by atoms with Crippen LogP contribution in [0, 0.1) is 0 Å². The van der Waals surface area contributed by atoms with Crippen molar-refractivity contribution in [2.75, 3.05) is 24.7 Å². The average molecular weight is 483 g/mol. The van der Waals surface area contributed by atoms with E-state index in [-0.39, 0.29) is 25.1 Å². The molecule has 2 aliphatic rings. The van der Waals surface area contributed by atoms with Gasteiger partial charge in [-0.1, -0.05) is 7.43 Å². The summed E-state index contributed by atoms with van der Waals surface area (Å²) in [4.78, 5) is 20.1. The van der Waals surface area contributed by atoms with Crippen molar-refractivity contribution in [2.45, 2.75) is 69.1 Å². The number of H-pyrrole nitrogens is 1. The summed E-state index contributed by atoms with van der Waals surface area (Å²) >= 11 is 1.78. The first-order valence-corrected chi connectivity index (χ1v) is 13.7. The van der Waals surface area contributed by atoms with Crippen LogP contribution >= 0.6 is 11.8 Å². The van der Waals surface area contributed by atoms with Gasteiger partial charge >= 0.3 is 0 Å². The van der Waals surface area contributed by atoms with Crippen molar-refractivity contribution in [1.82, 2.24) is 14.3 Å². The lowest BCUT2D eigenvalue weighted by Gasteiger charge is -2.32. The maximum atomic E-state index is 12.5. The first-order chi connectivity index (χ1) is 14.8. The number of aliphatic hydroxyl groups is 1. The predicted octanol–water partition coefficient (Wildman–Crippen LogP) is 2.93. The smallest absolute Gasteiger partial charge is 0.258 e. The third-order valence-corrected chi connectivity index (χ3v) is 8.73. The van der Waals surface area contributed by atoms with E-state index in [9.17, 15) is 18.3 Å². The maximum absolute atomic E-state index is 12.5. The maximum Gasteiger partial charge on any atom is 0.258 e.